The number of anilines is 1. The lowest BCUT2D eigenvalue weighted by Gasteiger charge is -2.20. The van der Waals surface area contributed by atoms with Gasteiger partial charge in [0.1, 0.15) is 5.69 Å². The maximum atomic E-state index is 14.0. The molecule has 0 fully saturated rings. The average Bonchev–Trinajstić information content (AvgIpc) is 2.79. The predicted molar refractivity (Wildman–Crippen MR) is 113 cm³/mol. The minimum atomic E-state index is -2.28. The van der Waals surface area contributed by atoms with E-state index >= 15 is 0 Å². The minimum Gasteiger partial charge on any atom is -0.309 e. The first-order chi connectivity index (χ1) is 15.7. The number of carbonyl (C=O) groups is 1. The van der Waals surface area contributed by atoms with Crippen LogP contribution in [0.25, 0.3) is 17.3 Å². The summed E-state index contributed by atoms with van der Waals surface area (Å²) < 4.78 is 68.2. The summed E-state index contributed by atoms with van der Waals surface area (Å²) in [7, 11) is 0. The van der Waals surface area contributed by atoms with Crippen molar-refractivity contribution in [2.24, 2.45) is 0 Å². The Morgan fingerprint density at radius 2 is 1.58 bits per heavy atom. The Hall–Kier alpha value is -3.62. The molecule has 0 bridgehead atoms. The molecule has 4 nitrogen and oxygen atoms in total. The van der Waals surface area contributed by atoms with Gasteiger partial charge in [0.05, 0.1) is 17.8 Å². The van der Waals surface area contributed by atoms with Crippen LogP contribution in [-0.2, 0) is 24.1 Å². The second-order valence-corrected chi connectivity index (χ2v) is 7.91. The number of hydrogen-bond donors (Lipinski definition) is 1. The van der Waals surface area contributed by atoms with Crippen LogP contribution in [-0.4, -0.2) is 15.9 Å². The average molecular weight is 459 g/mol. The van der Waals surface area contributed by atoms with E-state index in [0.717, 1.165) is 23.1 Å². The van der Waals surface area contributed by atoms with Crippen molar-refractivity contribution in [1.29, 1.82) is 0 Å². The molecule has 1 aliphatic carbocycles. The van der Waals surface area contributed by atoms with E-state index in [2.05, 4.69) is 15.3 Å². The molecule has 0 saturated carbocycles. The number of fused-ring (bicyclic) bond motifs is 3. The first-order valence-corrected chi connectivity index (χ1v) is 10.1. The van der Waals surface area contributed by atoms with Crippen LogP contribution in [0.15, 0.2) is 29.8 Å². The molecule has 170 valence electrons. The highest BCUT2D eigenvalue weighted by atomic mass is 19.2. The van der Waals surface area contributed by atoms with Gasteiger partial charge >= 0.3 is 0 Å². The molecule has 1 aromatic heterocycles. The van der Waals surface area contributed by atoms with Crippen molar-refractivity contribution < 1.29 is 26.7 Å². The number of allylic oxidation sites excluding steroid dienone is 1. The Morgan fingerprint density at radius 3 is 2.24 bits per heavy atom. The van der Waals surface area contributed by atoms with Crippen LogP contribution >= 0.6 is 0 Å². The zero-order chi connectivity index (χ0) is 23.9. The quantitative estimate of drug-likeness (QED) is 0.317. The third-order valence-corrected chi connectivity index (χ3v) is 5.22. The molecule has 2 aromatic carbocycles. The summed E-state index contributed by atoms with van der Waals surface area (Å²) in [6.07, 6.45) is 1.90. The molecule has 3 aromatic rings. The molecule has 0 saturated heterocycles. The lowest BCUT2D eigenvalue weighted by Crippen LogP contribution is -2.21. The van der Waals surface area contributed by atoms with Gasteiger partial charge in [-0.3, -0.25) is 4.79 Å². The van der Waals surface area contributed by atoms with Gasteiger partial charge in [0.15, 0.2) is 29.1 Å². The van der Waals surface area contributed by atoms with Crippen molar-refractivity contribution in [1.82, 2.24) is 9.97 Å². The number of nitrogens with one attached hydrogen (secondary N) is 1. The van der Waals surface area contributed by atoms with Gasteiger partial charge in [-0.2, -0.15) is 0 Å². The highest BCUT2D eigenvalue weighted by Gasteiger charge is 2.28. The van der Waals surface area contributed by atoms with E-state index in [0.29, 0.717) is 23.5 Å². The monoisotopic (exact) mass is 459 g/mol. The Bertz CT molecular complexity index is 1290. The predicted octanol–water partition coefficient (Wildman–Crippen LogP) is 5.54. The fourth-order valence-corrected chi connectivity index (χ4v) is 3.70. The SMILES string of the molecule is CC(C)=Cc1nc2c(nc1NC(=O)Cc1c(F)c(F)c(F)c(F)c1F)CCc1ccccc1-2. The summed E-state index contributed by atoms with van der Waals surface area (Å²) in [5.74, 6) is -11.5. The molecule has 33 heavy (non-hydrogen) atoms. The fourth-order valence-electron chi connectivity index (χ4n) is 3.70. The van der Waals surface area contributed by atoms with E-state index in [1.807, 2.05) is 38.1 Å². The second kappa shape index (κ2) is 8.73. The number of nitrogens with zero attached hydrogens (tertiary/aromatic N) is 2. The number of amides is 1. The van der Waals surface area contributed by atoms with Gasteiger partial charge < -0.3 is 5.32 Å². The van der Waals surface area contributed by atoms with E-state index < -0.39 is 47.0 Å². The summed E-state index contributed by atoms with van der Waals surface area (Å²) >= 11 is 0. The largest absolute Gasteiger partial charge is 0.309 e. The first kappa shape index (κ1) is 22.6. The van der Waals surface area contributed by atoms with Crippen LogP contribution in [0, 0.1) is 29.1 Å². The molecule has 9 heteroatoms. The zero-order valence-corrected chi connectivity index (χ0v) is 17.7. The van der Waals surface area contributed by atoms with E-state index in [1.165, 1.54) is 0 Å². The Kier molecular flexibility index (Phi) is 5.97. The Morgan fingerprint density at radius 1 is 0.939 bits per heavy atom. The van der Waals surface area contributed by atoms with Gasteiger partial charge in [0, 0.05) is 11.1 Å². The Labute approximate surface area is 186 Å². The second-order valence-electron chi connectivity index (χ2n) is 7.91. The maximum Gasteiger partial charge on any atom is 0.230 e. The van der Waals surface area contributed by atoms with Gasteiger partial charge in [0.25, 0.3) is 0 Å². The lowest BCUT2D eigenvalue weighted by molar-refractivity contribution is -0.115. The van der Waals surface area contributed by atoms with Crippen LogP contribution < -0.4 is 5.32 Å². The van der Waals surface area contributed by atoms with E-state index in [4.69, 9.17) is 0 Å². The molecular formula is C24H18F5N3O. The van der Waals surface area contributed by atoms with E-state index in [9.17, 15) is 26.7 Å². The minimum absolute atomic E-state index is 0.0446. The van der Waals surface area contributed by atoms with Crippen LogP contribution in [0.1, 0.15) is 36.4 Å². The van der Waals surface area contributed by atoms with Gasteiger partial charge in [-0.15, -0.1) is 0 Å². The van der Waals surface area contributed by atoms with Gasteiger partial charge in [-0.25, -0.2) is 31.9 Å². The standard InChI is InChI=1S/C24H18F5N3O/c1-11(2)9-16-24(31-15-8-7-12-5-3-4-6-13(12)23(15)30-16)32-17(33)10-14-18(25)20(27)22(29)21(28)19(14)26/h3-6,9H,7-8,10H2,1-2H3,(H,31,32,33). The van der Waals surface area contributed by atoms with Crippen molar-refractivity contribution in [3.8, 4) is 11.3 Å². The maximum absolute atomic E-state index is 14.0. The van der Waals surface area contributed by atoms with Crippen LogP contribution in [0.2, 0.25) is 0 Å². The Balaban J connectivity index is 1.71. The fraction of sp³-hybridized carbons (Fsp3) is 0.208. The topological polar surface area (TPSA) is 54.9 Å². The summed E-state index contributed by atoms with van der Waals surface area (Å²) in [4.78, 5) is 21.7. The third kappa shape index (κ3) is 4.22. The zero-order valence-electron chi connectivity index (χ0n) is 17.7. The lowest BCUT2D eigenvalue weighted by atomic mass is 9.92. The number of halogens is 5. The molecule has 1 amide bonds. The summed E-state index contributed by atoms with van der Waals surface area (Å²) in [6.45, 7) is 3.63. The summed E-state index contributed by atoms with van der Waals surface area (Å²) in [6, 6.07) is 7.74. The van der Waals surface area contributed by atoms with Crippen molar-refractivity contribution in [2.75, 3.05) is 5.32 Å². The molecule has 4 rings (SSSR count). The number of hydrogen-bond acceptors (Lipinski definition) is 3. The van der Waals surface area contributed by atoms with Crippen molar-refractivity contribution >= 4 is 17.8 Å². The molecule has 0 aliphatic heterocycles. The molecule has 0 radical (unpaired) electrons. The normalized spacial score (nSPS) is 12.1. The van der Waals surface area contributed by atoms with Gasteiger partial charge in [-0.05, 0) is 38.3 Å². The molecule has 0 atom stereocenters. The van der Waals surface area contributed by atoms with Crippen LogP contribution in [0.4, 0.5) is 27.8 Å². The van der Waals surface area contributed by atoms with Gasteiger partial charge in [-0.1, -0.05) is 29.8 Å². The molecule has 1 N–H and O–H groups in total. The van der Waals surface area contributed by atoms with Crippen molar-refractivity contribution in [3.63, 3.8) is 0 Å². The van der Waals surface area contributed by atoms with E-state index in [-0.39, 0.29) is 5.82 Å². The summed E-state index contributed by atoms with van der Waals surface area (Å²) in [5.41, 5.74) is 3.29. The molecule has 0 unspecified atom stereocenters. The highest BCUT2D eigenvalue weighted by Crippen LogP contribution is 2.33. The number of carbonyl (C=O) groups excluding carboxylic acids is 1. The number of benzene rings is 2. The first-order valence-electron chi connectivity index (χ1n) is 10.1. The number of rotatable bonds is 4. The molecule has 1 aliphatic rings. The number of aryl methyl sites for hydroxylation is 2. The highest BCUT2D eigenvalue weighted by molar-refractivity contribution is 5.93. The summed E-state index contributed by atoms with van der Waals surface area (Å²) in [5, 5.41) is 2.42. The van der Waals surface area contributed by atoms with E-state index in [1.54, 1.807) is 6.08 Å². The van der Waals surface area contributed by atoms with Crippen LogP contribution in [0.3, 0.4) is 0 Å². The van der Waals surface area contributed by atoms with Gasteiger partial charge in [0.2, 0.25) is 11.7 Å². The molecule has 0 spiro atoms. The molecule has 1 heterocycles. The molecular weight excluding hydrogens is 441 g/mol. The van der Waals surface area contributed by atoms with Crippen molar-refractivity contribution in [3.05, 3.63) is 81.4 Å². The van der Waals surface area contributed by atoms with Crippen LogP contribution in [0.5, 0.6) is 0 Å². The number of aromatic nitrogens is 2. The smallest absolute Gasteiger partial charge is 0.230 e. The third-order valence-electron chi connectivity index (χ3n) is 5.22. The van der Waals surface area contributed by atoms with Crippen molar-refractivity contribution in [2.45, 2.75) is 33.1 Å².